The van der Waals surface area contributed by atoms with Crippen molar-refractivity contribution in [3.63, 3.8) is 0 Å². The maximum atomic E-state index is 12.0. The van der Waals surface area contributed by atoms with E-state index in [4.69, 9.17) is 33.0 Å². The van der Waals surface area contributed by atoms with Crippen LogP contribution in [0.5, 0.6) is 5.75 Å². The van der Waals surface area contributed by atoms with Gasteiger partial charge in [0.25, 0.3) is 5.91 Å². The molecule has 0 saturated carbocycles. The number of aromatic carboxylic acids is 1. The lowest BCUT2D eigenvalue weighted by molar-refractivity contribution is 0.0693. The molecule has 5 nitrogen and oxygen atoms in total. The van der Waals surface area contributed by atoms with Crippen LogP contribution in [0.2, 0.25) is 9.36 Å². The van der Waals surface area contributed by atoms with Crippen molar-refractivity contribution in [2.45, 2.75) is 0 Å². The molecule has 2 rings (SSSR count). The summed E-state index contributed by atoms with van der Waals surface area (Å²) in [6, 6.07) is 5.77. The standard InChI is InChI=1S/C13H9Cl2NO4S/c1-20-9-5-8(7(14)4-6(9)13(18)19)16-12(17)10-2-3-11(15)21-10/h2-5H,1H3,(H,16,17)(H,18,19). The van der Waals surface area contributed by atoms with E-state index in [-0.39, 0.29) is 27.9 Å². The average molecular weight is 346 g/mol. The molecule has 8 heteroatoms. The number of carboxylic acids is 1. The highest BCUT2D eigenvalue weighted by Crippen LogP contribution is 2.32. The van der Waals surface area contributed by atoms with E-state index in [1.54, 1.807) is 12.1 Å². The van der Waals surface area contributed by atoms with Crippen LogP contribution in [0, 0.1) is 0 Å². The molecule has 1 aromatic heterocycles. The number of amides is 1. The van der Waals surface area contributed by atoms with E-state index in [0.29, 0.717) is 9.21 Å². The number of hydrogen-bond donors (Lipinski definition) is 2. The van der Waals surface area contributed by atoms with Crippen molar-refractivity contribution < 1.29 is 19.4 Å². The number of rotatable bonds is 4. The lowest BCUT2D eigenvalue weighted by Gasteiger charge is -2.11. The van der Waals surface area contributed by atoms with E-state index in [1.165, 1.54) is 19.2 Å². The van der Waals surface area contributed by atoms with Crippen LogP contribution in [0.15, 0.2) is 24.3 Å². The lowest BCUT2D eigenvalue weighted by atomic mass is 10.1. The molecule has 1 aromatic carbocycles. The molecule has 0 bridgehead atoms. The van der Waals surface area contributed by atoms with Crippen LogP contribution in [-0.2, 0) is 0 Å². The zero-order valence-corrected chi connectivity index (χ0v) is 13.0. The normalized spacial score (nSPS) is 10.2. The van der Waals surface area contributed by atoms with E-state index >= 15 is 0 Å². The Balaban J connectivity index is 2.32. The van der Waals surface area contributed by atoms with E-state index < -0.39 is 5.97 Å². The van der Waals surface area contributed by atoms with E-state index in [2.05, 4.69) is 5.32 Å². The third-order valence-corrected chi connectivity index (χ3v) is 4.11. The van der Waals surface area contributed by atoms with Gasteiger partial charge in [-0.05, 0) is 18.2 Å². The Morgan fingerprint density at radius 3 is 2.52 bits per heavy atom. The van der Waals surface area contributed by atoms with Crippen molar-refractivity contribution in [1.29, 1.82) is 0 Å². The summed E-state index contributed by atoms with van der Waals surface area (Å²) in [4.78, 5) is 23.5. The molecular formula is C13H9Cl2NO4S. The molecule has 0 atom stereocenters. The van der Waals surface area contributed by atoms with Gasteiger partial charge in [0.1, 0.15) is 11.3 Å². The monoisotopic (exact) mass is 345 g/mol. The third-order valence-electron chi connectivity index (χ3n) is 2.56. The Morgan fingerprint density at radius 2 is 2.00 bits per heavy atom. The molecule has 1 heterocycles. The molecule has 0 aliphatic rings. The van der Waals surface area contributed by atoms with E-state index in [0.717, 1.165) is 11.3 Å². The Bertz CT molecular complexity index is 714. The number of carbonyl (C=O) groups excluding carboxylic acids is 1. The SMILES string of the molecule is COc1cc(NC(=O)c2ccc(Cl)s2)c(Cl)cc1C(=O)O. The Labute approximate surface area is 134 Å². The minimum atomic E-state index is -1.17. The molecule has 0 aliphatic carbocycles. The van der Waals surface area contributed by atoms with Gasteiger partial charge in [-0.15, -0.1) is 11.3 Å². The Morgan fingerprint density at radius 1 is 1.29 bits per heavy atom. The molecule has 1 amide bonds. The number of carboxylic acid groups (broad SMARTS) is 1. The molecule has 0 radical (unpaired) electrons. The number of methoxy groups -OCH3 is 1. The second-order valence-electron chi connectivity index (χ2n) is 3.90. The number of benzene rings is 1. The van der Waals surface area contributed by atoms with Crippen LogP contribution in [0.3, 0.4) is 0 Å². The van der Waals surface area contributed by atoms with Crippen molar-refractivity contribution in [3.8, 4) is 5.75 Å². The second kappa shape index (κ2) is 6.34. The molecule has 0 unspecified atom stereocenters. The number of hydrogen-bond acceptors (Lipinski definition) is 4. The molecule has 110 valence electrons. The quantitative estimate of drug-likeness (QED) is 0.877. The first-order valence-electron chi connectivity index (χ1n) is 5.60. The van der Waals surface area contributed by atoms with Gasteiger partial charge in [0.2, 0.25) is 0 Å². The van der Waals surface area contributed by atoms with E-state index in [1.807, 2.05) is 0 Å². The summed E-state index contributed by atoms with van der Waals surface area (Å²) in [6.45, 7) is 0. The number of ether oxygens (including phenoxy) is 1. The molecule has 0 spiro atoms. The van der Waals surface area contributed by atoms with Crippen LogP contribution in [-0.4, -0.2) is 24.1 Å². The molecule has 21 heavy (non-hydrogen) atoms. The number of anilines is 1. The van der Waals surface area contributed by atoms with Gasteiger partial charge in [-0.1, -0.05) is 23.2 Å². The molecule has 2 aromatic rings. The summed E-state index contributed by atoms with van der Waals surface area (Å²) in [6.07, 6.45) is 0. The average Bonchev–Trinajstić information content (AvgIpc) is 2.87. The minimum absolute atomic E-state index is 0.0836. The minimum Gasteiger partial charge on any atom is -0.496 e. The Hall–Kier alpha value is -1.76. The second-order valence-corrected chi connectivity index (χ2v) is 6.02. The first-order valence-corrected chi connectivity index (χ1v) is 7.17. The van der Waals surface area contributed by atoms with Crippen LogP contribution in [0.25, 0.3) is 0 Å². The summed E-state index contributed by atoms with van der Waals surface area (Å²) in [7, 11) is 1.33. The predicted octanol–water partition coefficient (Wildman–Crippen LogP) is 4.01. The van der Waals surface area contributed by atoms with Gasteiger partial charge in [0.15, 0.2) is 0 Å². The maximum absolute atomic E-state index is 12.0. The highest BCUT2D eigenvalue weighted by molar-refractivity contribution is 7.18. The maximum Gasteiger partial charge on any atom is 0.339 e. The zero-order valence-electron chi connectivity index (χ0n) is 10.6. The fourth-order valence-electron chi connectivity index (χ4n) is 1.61. The summed E-state index contributed by atoms with van der Waals surface area (Å²) < 4.78 is 5.48. The summed E-state index contributed by atoms with van der Waals surface area (Å²) in [5.74, 6) is -1.46. The zero-order chi connectivity index (χ0) is 15.6. The van der Waals surface area contributed by atoms with Gasteiger partial charge in [-0.25, -0.2) is 4.79 Å². The van der Waals surface area contributed by atoms with Gasteiger partial charge in [0.05, 0.1) is 27.0 Å². The van der Waals surface area contributed by atoms with Crippen LogP contribution in [0.1, 0.15) is 20.0 Å². The van der Waals surface area contributed by atoms with Gasteiger partial charge >= 0.3 is 5.97 Å². The van der Waals surface area contributed by atoms with Crippen LogP contribution < -0.4 is 10.1 Å². The molecule has 2 N–H and O–H groups in total. The number of nitrogens with one attached hydrogen (secondary N) is 1. The van der Waals surface area contributed by atoms with Crippen molar-refractivity contribution >= 4 is 52.1 Å². The first-order chi connectivity index (χ1) is 9.92. The van der Waals surface area contributed by atoms with E-state index in [9.17, 15) is 9.59 Å². The van der Waals surface area contributed by atoms with Crippen molar-refractivity contribution in [1.82, 2.24) is 0 Å². The summed E-state index contributed by atoms with van der Waals surface area (Å²) in [5, 5.41) is 11.7. The summed E-state index contributed by atoms with van der Waals surface area (Å²) in [5.41, 5.74) is 0.174. The number of thiophene rings is 1. The fraction of sp³-hybridized carbons (Fsp3) is 0.0769. The largest absolute Gasteiger partial charge is 0.496 e. The molecule has 0 fully saturated rings. The highest BCUT2D eigenvalue weighted by atomic mass is 35.5. The lowest BCUT2D eigenvalue weighted by Crippen LogP contribution is -2.11. The predicted molar refractivity (Wildman–Crippen MR) is 82.2 cm³/mol. The van der Waals surface area contributed by atoms with Gasteiger partial charge < -0.3 is 15.2 Å². The Kier molecular flexibility index (Phi) is 4.72. The van der Waals surface area contributed by atoms with Gasteiger partial charge in [-0.3, -0.25) is 4.79 Å². The third kappa shape index (κ3) is 3.47. The van der Waals surface area contributed by atoms with Gasteiger partial charge in [-0.2, -0.15) is 0 Å². The van der Waals surface area contributed by atoms with Crippen LogP contribution >= 0.6 is 34.5 Å². The van der Waals surface area contributed by atoms with Gasteiger partial charge in [0, 0.05) is 6.07 Å². The van der Waals surface area contributed by atoms with Crippen LogP contribution in [0.4, 0.5) is 5.69 Å². The fourth-order valence-corrected chi connectivity index (χ4v) is 2.75. The van der Waals surface area contributed by atoms with Crippen molar-refractivity contribution in [3.05, 3.63) is 44.1 Å². The highest BCUT2D eigenvalue weighted by Gasteiger charge is 2.17. The van der Waals surface area contributed by atoms with Crippen molar-refractivity contribution in [2.24, 2.45) is 0 Å². The molecule has 0 saturated heterocycles. The summed E-state index contributed by atoms with van der Waals surface area (Å²) >= 11 is 12.9. The molecular weight excluding hydrogens is 337 g/mol. The smallest absolute Gasteiger partial charge is 0.339 e. The number of carbonyl (C=O) groups is 2. The molecule has 0 aliphatic heterocycles. The topological polar surface area (TPSA) is 75.6 Å². The first kappa shape index (κ1) is 15.6. The van der Waals surface area contributed by atoms with Crippen molar-refractivity contribution in [2.75, 3.05) is 12.4 Å². The number of halogens is 2.